The van der Waals surface area contributed by atoms with Crippen LogP contribution < -0.4 is 9.75 Å². The zero-order valence-corrected chi connectivity index (χ0v) is 18.6. The van der Waals surface area contributed by atoms with Gasteiger partial charge in [0.05, 0.1) is 17.0 Å². The summed E-state index contributed by atoms with van der Waals surface area (Å²) in [6.45, 7) is 4.11. The van der Waals surface area contributed by atoms with Crippen molar-refractivity contribution < 1.29 is 9.53 Å². The lowest BCUT2D eigenvalue weighted by Crippen LogP contribution is -2.21. The molecule has 0 spiro atoms. The number of carbonyl (C=O) groups is 1. The van der Waals surface area contributed by atoms with E-state index < -0.39 is 0 Å². The zero-order chi connectivity index (χ0) is 22.0. The van der Waals surface area contributed by atoms with E-state index in [1.54, 1.807) is 12.1 Å². The number of benzene rings is 3. The van der Waals surface area contributed by atoms with Gasteiger partial charge in [-0.25, -0.2) is 0 Å². The third-order valence-electron chi connectivity index (χ3n) is 4.93. The van der Waals surface area contributed by atoms with Crippen molar-refractivity contribution in [2.45, 2.75) is 20.5 Å². The van der Waals surface area contributed by atoms with Gasteiger partial charge in [0.1, 0.15) is 12.4 Å². The molecule has 0 atom stereocenters. The van der Waals surface area contributed by atoms with Gasteiger partial charge in [-0.15, -0.1) is 0 Å². The molecule has 1 amide bonds. The number of nitrogens with zero attached hydrogens (tertiary/aromatic N) is 2. The van der Waals surface area contributed by atoms with E-state index >= 15 is 0 Å². The second-order valence-electron chi connectivity index (χ2n) is 7.26. The minimum Gasteiger partial charge on any atom is -0.488 e. The fraction of sp³-hybridized carbons (Fsp3) is 0.120. The number of carbonyl (C=O) groups excluding carboxylic acids is 1. The average Bonchev–Trinajstić information content (AvgIpc) is 3.03. The minimum absolute atomic E-state index is 0.170. The van der Waals surface area contributed by atoms with Crippen molar-refractivity contribution in [1.29, 1.82) is 0 Å². The monoisotopic (exact) mass is 450 g/mol. The number of hydrazone groups is 1. The molecule has 0 aliphatic carbocycles. The van der Waals surface area contributed by atoms with Crippen LogP contribution in [0.1, 0.15) is 23.6 Å². The Hall–Kier alpha value is -3.08. The molecule has 4 rings (SSSR count). The van der Waals surface area contributed by atoms with Crippen LogP contribution in [0.5, 0.6) is 5.75 Å². The topological polar surface area (TPSA) is 41.9 Å². The number of hydrogen-bond donors (Lipinski definition) is 0. The summed E-state index contributed by atoms with van der Waals surface area (Å²) in [5.41, 5.74) is 4.61. The first-order valence-electron chi connectivity index (χ1n) is 9.76. The van der Waals surface area contributed by atoms with E-state index in [9.17, 15) is 4.79 Å². The van der Waals surface area contributed by atoms with E-state index in [1.165, 1.54) is 5.01 Å². The lowest BCUT2D eigenvalue weighted by Gasteiger charge is -2.13. The van der Waals surface area contributed by atoms with Crippen LogP contribution in [0.15, 0.2) is 77.4 Å². The Kier molecular flexibility index (Phi) is 6.12. The molecule has 0 unspecified atom stereocenters. The van der Waals surface area contributed by atoms with E-state index in [0.717, 1.165) is 22.4 Å². The number of anilines is 1. The van der Waals surface area contributed by atoms with Crippen LogP contribution in [0.2, 0.25) is 10.0 Å². The number of rotatable bonds is 5. The lowest BCUT2D eigenvalue weighted by molar-refractivity contribution is -0.114. The van der Waals surface area contributed by atoms with Gasteiger partial charge in [-0.3, -0.25) is 4.79 Å². The highest BCUT2D eigenvalue weighted by Crippen LogP contribution is 2.29. The van der Waals surface area contributed by atoms with Crippen LogP contribution in [0.3, 0.4) is 0 Å². The Labute approximate surface area is 191 Å². The Morgan fingerprint density at radius 3 is 2.52 bits per heavy atom. The number of amides is 1. The molecule has 1 aliphatic heterocycles. The molecule has 4 nitrogen and oxygen atoms in total. The SMILES string of the molecule is CC1=NN(c2ccccc2)C(=O)C1=Cc1cc(C)ccc1OCc1ccc(Cl)cc1Cl. The first-order chi connectivity index (χ1) is 14.9. The molecule has 0 N–H and O–H groups in total. The van der Waals surface area contributed by atoms with Gasteiger partial charge < -0.3 is 4.74 Å². The number of para-hydroxylation sites is 1. The Morgan fingerprint density at radius 1 is 1.00 bits per heavy atom. The Bertz CT molecular complexity index is 1200. The largest absolute Gasteiger partial charge is 0.488 e. The quantitative estimate of drug-likeness (QED) is 0.406. The summed E-state index contributed by atoms with van der Waals surface area (Å²) in [5, 5.41) is 6.99. The second-order valence-corrected chi connectivity index (χ2v) is 8.11. The average molecular weight is 451 g/mol. The molecule has 31 heavy (non-hydrogen) atoms. The second kappa shape index (κ2) is 8.96. The third-order valence-corrected chi connectivity index (χ3v) is 5.51. The molecule has 3 aromatic rings. The first kappa shape index (κ1) is 21.2. The van der Waals surface area contributed by atoms with E-state index in [0.29, 0.717) is 27.1 Å². The molecule has 0 saturated carbocycles. The minimum atomic E-state index is -0.170. The van der Waals surface area contributed by atoms with Crippen molar-refractivity contribution in [3.63, 3.8) is 0 Å². The third kappa shape index (κ3) is 4.66. The predicted octanol–water partition coefficient (Wildman–Crippen LogP) is 6.69. The molecule has 0 aromatic heterocycles. The van der Waals surface area contributed by atoms with Crippen LogP contribution in [-0.2, 0) is 11.4 Å². The van der Waals surface area contributed by atoms with Crippen molar-refractivity contribution in [2.24, 2.45) is 5.10 Å². The number of ether oxygens (including phenoxy) is 1. The highest BCUT2D eigenvalue weighted by molar-refractivity contribution is 6.35. The molecular formula is C25H20Cl2N2O2. The molecule has 156 valence electrons. The maximum Gasteiger partial charge on any atom is 0.280 e. The van der Waals surface area contributed by atoms with Crippen molar-refractivity contribution >= 4 is 46.6 Å². The summed E-state index contributed by atoms with van der Waals surface area (Å²) in [4.78, 5) is 13.0. The van der Waals surface area contributed by atoms with Gasteiger partial charge in [0.2, 0.25) is 0 Å². The maximum absolute atomic E-state index is 13.0. The predicted molar refractivity (Wildman–Crippen MR) is 127 cm³/mol. The summed E-state index contributed by atoms with van der Waals surface area (Å²) in [5.74, 6) is 0.486. The van der Waals surface area contributed by atoms with Crippen LogP contribution in [-0.4, -0.2) is 11.6 Å². The molecule has 0 saturated heterocycles. The van der Waals surface area contributed by atoms with Crippen LogP contribution in [0, 0.1) is 6.92 Å². The summed E-state index contributed by atoms with van der Waals surface area (Å²) in [6, 6.07) is 20.5. The van der Waals surface area contributed by atoms with Crippen molar-refractivity contribution in [3.8, 4) is 5.75 Å². The molecular weight excluding hydrogens is 431 g/mol. The summed E-state index contributed by atoms with van der Waals surface area (Å²) in [7, 11) is 0. The number of hydrogen-bond acceptors (Lipinski definition) is 3. The van der Waals surface area contributed by atoms with Gasteiger partial charge in [-0.05, 0) is 56.3 Å². The summed E-state index contributed by atoms with van der Waals surface area (Å²) in [6.07, 6.45) is 1.83. The van der Waals surface area contributed by atoms with E-state index in [4.69, 9.17) is 27.9 Å². The lowest BCUT2D eigenvalue weighted by atomic mass is 10.0. The molecule has 3 aromatic carbocycles. The van der Waals surface area contributed by atoms with Gasteiger partial charge in [0.15, 0.2) is 0 Å². The smallest absolute Gasteiger partial charge is 0.280 e. The van der Waals surface area contributed by atoms with Gasteiger partial charge in [-0.2, -0.15) is 10.1 Å². The van der Waals surface area contributed by atoms with Crippen molar-refractivity contribution in [3.05, 3.63) is 99.0 Å². The van der Waals surface area contributed by atoms with Gasteiger partial charge in [0.25, 0.3) is 5.91 Å². The first-order valence-corrected chi connectivity index (χ1v) is 10.5. The maximum atomic E-state index is 13.0. The summed E-state index contributed by atoms with van der Waals surface area (Å²) < 4.78 is 6.05. The summed E-state index contributed by atoms with van der Waals surface area (Å²) >= 11 is 12.2. The molecule has 0 radical (unpaired) electrons. The van der Waals surface area contributed by atoms with Crippen molar-refractivity contribution in [2.75, 3.05) is 5.01 Å². The van der Waals surface area contributed by atoms with E-state index in [-0.39, 0.29) is 12.5 Å². The fourth-order valence-electron chi connectivity index (χ4n) is 3.29. The fourth-order valence-corrected chi connectivity index (χ4v) is 3.75. The molecule has 1 heterocycles. The molecule has 0 bridgehead atoms. The normalized spacial score (nSPS) is 14.8. The Morgan fingerprint density at radius 2 is 1.77 bits per heavy atom. The van der Waals surface area contributed by atoms with Gasteiger partial charge >= 0.3 is 0 Å². The van der Waals surface area contributed by atoms with E-state index in [1.807, 2.05) is 74.5 Å². The van der Waals surface area contributed by atoms with E-state index in [2.05, 4.69) is 5.10 Å². The highest BCUT2D eigenvalue weighted by atomic mass is 35.5. The molecule has 0 fully saturated rings. The number of halogens is 2. The van der Waals surface area contributed by atoms with Gasteiger partial charge in [-0.1, -0.05) is 59.1 Å². The van der Waals surface area contributed by atoms with Crippen molar-refractivity contribution in [1.82, 2.24) is 0 Å². The standard InChI is InChI=1S/C25H20Cl2N2O2/c1-16-8-11-24(31-15-18-9-10-20(26)14-23(18)27)19(12-16)13-22-17(2)28-29(25(22)30)21-6-4-3-5-7-21/h3-14H,15H2,1-2H3. The van der Waals surface area contributed by atoms with Crippen LogP contribution in [0.25, 0.3) is 6.08 Å². The molecule has 1 aliphatic rings. The van der Waals surface area contributed by atoms with Gasteiger partial charge in [0, 0.05) is 21.2 Å². The van der Waals surface area contributed by atoms with Crippen LogP contribution in [0.4, 0.5) is 5.69 Å². The zero-order valence-electron chi connectivity index (χ0n) is 17.1. The number of aryl methyl sites for hydroxylation is 1. The Balaban J connectivity index is 1.62. The highest BCUT2D eigenvalue weighted by Gasteiger charge is 2.28. The van der Waals surface area contributed by atoms with Crippen LogP contribution >= 0.6 is 23.2 Å². The molecule has 6 heteroatoms.